The van der Waals surface area contributed by atoms with Gasteiger partial charge in [-0.3, -0.25) is 0 Å². The molecule has 1 atom stereocenters. The molecule has 0 N–H and O–H groups in total. The fraction of sp³-hybridized carbons (Fsp3) is 0.107. The molecule has 0 bridgehead atoms. The molecule has 0 spiro atoms. The summed E-state index contributed by atoms with van der Waals surface area (Å²) in [5.74, 6) is 0.209. The Balaban J connectivity index is 1.08. The van der Waals surface area contributed by atoms with Crippen LogP contribution in [0.25, 0.3) is 60.5 Å². The van der Waals surface area contributed by atoms with Crippen LogP contribution in [0.3, 0.4) is 0 Å². The van der Waals surface area contributed by atoms with Crippen LogP contribution >= 0.6 is 0 Å². The molecule has 2 nitrogen and oxygen atoms in total. The predicted molar refractivity (Wildman–Crippen MR) is 244 cm³/mol. The lowest BCUT2D eigenvalue weighted by atomic mass is 9.82. The zero-order valence-electron chi connectivity index (χ0n) is 32.4. The van der Waals surface area contributed by atoms with Gasteiger partial charge in [0.05, 0.1) is 0 Å². The van der Waals surface area contributed by atoms with Gasteiger partial charge in [-0.15, -0.1) is 0 Å². The van der Waals surface area contributed by atoms with Gasteiger partial charge in [-0.25, -0.2) is 0 Å². The highest BCUT2D eigenvalue weighted by Crippen LogP contribution is 2.46. The second-order valence-electron chi connectivity index (χ2n) is 15.8. The van der Waals surface area contributed by atoms with Crippen LogP contribution < -0.4 is 4.90 Å². The Morgan fingerprint density at radius 2 is 1.33 bits per heavy atom. The van der Waals surface area contributed by atoms with Crippen LogP contribution in [0.2, 0.25) is 0 Å². The predicted octanol–water partition coefficient (Wildman–Crippen LogP) is 15.7. The van der Waals surface area contributed by atoms with Gasteiger partial charge in [-0.1, -0.05) is 146 Å². The van der Waals surface area contributed by atoms with Gasteiger partial charge in [0.25, 0.3) is 0 Å². The molecule has 0 saturated carbocycles. The van der Waals surface area contributed by atoms with Crippen LogP contribution in [-0.4, -0.2) is 0 Å². The molecule has 0 saturated heterocycles. The third-order valence-corrected chi connectivity index (χ3v) is 12.4. The maximum absolute atomic E-state index is 6.32. The van der Waals surface area contributed by atoms with Crippen LogP contribution in [0.5, 0.6) is 0 Å². The number of para-hydroxylation sites is 1. The summed E-state index contributed by atoms with van der Waals surface area (Å²) in [5.41, 5.74) is 17.3. The SMILES string of the molecule is C1=CCC(c2ccccc2)C(N(c2ccc(C3=CCCC4=C3CCC=C4)cc2)c2ccc(-c3ccc4ccc5oc6ccccc6c5c4c3)c(-c3ccccc3)c2)=C1. The van der Waals surface area contributed by atoms with E-state index in [0.29, 0.717) is 0 Å². The topological polar surface area (TPSA) is 16.4 Å². The first kappa shape index (κ1) is 34.4. The number of anilines is 2. The van der Waals surface area contributed by atoms with Crippen molar-refractivity contribution in [2.75, 3.05) is 4.90 Å². The van der Waals surface area contributed by atoms with Crippen LogP contribution in [0.1, 0.15) is 49.1 Å². The molecule has 278 valence electrons. The van der Waals surface area contributed by atoms with Crippen LogP contribution in [0.4, 0.5) is 11.4 Å². The lowest BCUT2D eigenvalue weighted by Gasteiger charge is -2.35. The average Bonchev–Trinajstić information content (AvgIpc) is 3.69. The molecule has 0 aliphatic heterocycles. The summed E-state index contributed by atoms with van der Waals surface area (Å²) in [5, 5.41) is 4.73. The normalized spacial score (nSPS) is 16.4. The van der Waals surface area contributed by atoms with E-state index in [2.05, 4.69) is 193 Å². The summed E-state index contributed by atoms with van der Waals surface area (Å²) in [6.07, 6.45) is 19.5. The first-order valence-corrected chi connectivity index (χ1v) is 20.7. The van der Waals surface area contributed by atoms with E-state index in [1.165, 1.54) is 72.0 Å². The van der Waals surface area contributed by atoms with E-state index in [1.54, 1.807) is 0 Å². The highest BCUT2D eigenvalue weighted by Gasteiger charge is 2.27. The third kappa shape index (κ3) is 6.04. The Bertz CT molecular complexity index is 3010. The molecule has 11 rings (SSSR count). The zero-order valence-corrected chi connectivity index (χ0v) is 32.4. The molecule has 0 fully saturated rings. The number of rotatable bonds is 7. The van der Waals surface area contributed by atoms with E-state index in [0.717, 1.165) is 60.0 Å². The van der Waals surface area contributed by atoms with Gasteiger partial charge in [0, 0.05) is 33.8 Å². The van der Waals surface area contributed by atoms with Crippen molar-refractivity contribution in [2.24, 2.45) is 0 Å². The first-order chi connectivity index (χ1) is 28.8. The quantitative estimate of drug-likeness (QED) is 0.162. The molecule has 1 unspecified atom stereocenters. The van der Waals surface area contributed by atoms with Crippen molar-refractivity contribution < 1.29 is 4.42 Å². The molecule has 0 amide bonds. The van der Waals surface area contributed by atoms with Crippen LogP contribution in [-0.2, 0) is 0 Å². The highest BCUT2D eigenvalue weighted by molar-refractivity contribution is 6.19. The summed E-state index contributed by atoms with van der Waals surface area (Å²) in [7, 11) is 0. The van der Waals surface area contributed by atoms with Gasteiger partial charge < -0.3 is 9.32 Å². The van der Waals surface area contributed by atoms with Gasteiger partial charge in [-0.2, -0.15) is 0 Å². The fourth-order valence-electron chi connectivity index (χ4n) is 9.61. The van der Waals surface area contributed by atoms with E-state index < -0.39 is 0 Å². The highest BCUT2D eigenvalue weighted by atomic mass is 16.3. The maximum Gasteiger partial charge on any atom is 0.136 e. The van der Waals surface area contributed by atoms with E-state index in [1.807, 2.05) is 6.07 Å². The first-order valence-electron chi connectivity index (χ1n) is 20.7. The summed E-state index contributed by atoms with van der Waals surface area (Å²) in [6.45, 7) is 0. The van der Waals surface area contributed by atoms with E-state index in [4.69, 9.17) is 4.42 Å². The smallest absolute Gasteiger partial charge is 0.136 e. The van der Waals surface area contributed by atoms with Gasteiger partial charge in [0.1, 0.15) is 11.2 Å². The van der Waals surface area contributed by atoms with Crippen molar-refractivity contribution in [3.63, 3.8) is 0 Å². The summed E-state index contributed by atoms with van der Waals surface area (Å²) in [6, 6.07) is 57.9. The van der Waals surface area contributed by atoms with Gasteiger partial charge in [0.15, 0.2) is 0 Å². The van der Waals surface area contributed by atoms with E-state index >= 15 is 0 Å². The molecular formula is C56H43NO. The molecular weight excluding hydrogens is 703 g/mol. The van der Waals surface area contributed by atoms with Crippen LogP contribution in [0, 0.1) is 0 Å². The van der Waals surface area contributed by atoms with Crippen molar-refractivity contribution in [3.05, 3.63) is 222 Å². The van der Waals surface area contributed by atoms with Gasteiger partial charge >= 0.3 is 0 Å². The molecule has 1 aromatic heterocycles. The largest absolute Gasteiger partial charge is 0.456 e. The van der Waals surface area contributed by atoms with Crippen molar-refractivity contribution in [1.82, 2.24) is 0 Å². The zero-order chi connectivity index (χ0) is 38.4. The molecule has 7 aromatic carbocycles. The standard InChI is InChI=1S/C56H43NO/c1-3-14-39(15-4-1)49-21-9-11-24-53(49)57(44-31-28-41(29-32-44)47-23-13-19-38-18-7-8-20-46(38)47)45-33-34-48(51(37-45)40-16-5-2-6-17-40)43-27-26-42-30-35-55-56(52(42)36-43)50-22-10-12-25-54(50)58-55/h1-7,9-12,14-18,22-37,49H,8,13,19-21H2. The lowest BCUT2D eigenvalue weighted by Crippen LogP contribution is -2.23. The number of nitrogens with zero attached hydrogens (tertiary/aromatic N) is 1. The maximum atomic E-state index is 6.32. The molecule has 0 radical (unpaired) electrons. The van der Waals surface area contributed by atoms with E-state index in [-0.39, 0.29) is 5.92 Å². The fourth-order valence-corrected chi connectivity index (χ4v) is 9.61. The second kappa shape index (κ2) is 14.6. The number of benzene rings is 7. The Morgan fingerprint density at radius 3 is 2.21 bits per heavy atom. The average molecular weight is 746 g/mol. The Morgan fingerprint density at radius 1 is 0.552 bits per heavy atom. The van der Waals surface area contributed by atoms with Gasteiger partial charge in [-0.05, 0) is 142 Å². The summed E-state index contributed by atoms with van der Waals surface area (Å²) in [4.78, 5) is 2.51. The number of fused-ring (bicyclic) bond motifs is 5. The Labute approximate surface area is 340 Å². The third-order valence-electron chi connectivity index (χ3n) is 12.4. The molecule has 3 aliphatic carbocycles. The number of furan rings is 1. The summed E-state index contributed by atoms with van der Waals surface area (Å²) < 4.78 is 6.32. The van der Waals surface area contributed by atoms with E-state index in [9.17, 15) is 0 Å². The Hall–Kier alpha value is -6.90. The van der Waals surface area contributed by atoms with Gasteiger partial charge in [0.2, 0.25) is 0 Å². The minimum atomic E-state index is 0.209. The summed E-state index contributed by atoms with van der Waals surface area (Å²) >= 11 is 0. The minimum Gasteiger partial charge on any atom is -0.456 e. The number of allylic oxidation sites excluding steroid dienone is 10. The van der Waals surface area contributed by atoms with Crippen molar-refractivity contribution in [2.45, 2.75) is 38.0 Å². The molecule has 58 heavy (non-hydrogen) atoms. The Kier molecular flexibility index (Phi) is 8.62. The lowest BCUT2D eigenvalue weighted by molar-refractivity contribution is 0.669. The monoisotopic (exact) mass is 745 g/mol. The molecule has 2 heteroatoms. The van der Waals surface area contributed by atoms with Crippen LogP contribution in [0.15, 0.2) is 215 Å². The van der Waals surface area contributed by atoms with Crippen molar-refractivity contribution in [1.29, 1.82) is 0 Å². The molecule has 1 heterocycles. The second-order valence-corrected chi connectivity index (χ2v) is 15.8. The number of hydrogen-bond donors (Lipinski definition) is 0. The minimum absolute atomic E-state index is 0.209. The number of hydrogen-bond acceptors (Lipinski definition) is 2. The molecule has 3 aliphatic rings. The van der Waals surface area contributed by atoms with Crippen molar-refractivity contribution in [3.8, 4) is 22.3 Å². The molecule has 8 aromatic rings. The van der Waals surface area contributed by atoms with Crippen molar-refractivity contribution >= 4 is 49.7 Å².